The van der Waals surface area contributed by atoms with Gasteiger partial charge >= 0.3 is 17.9 Å². The molecule has 0 N–H and O–H groups in total. The Hall–Kier alpha value is -3.93. The van der Waals surface area contributed by atoms with Crippen molar-refractivity contribution in [3.63, 3.8) is 0 Å². The van der Waals surface area contributed by atoms with E-state index in [0.29, 0.717) is 19.3 Å². The van der Waals surface area contributed by atoms with E-state index >= 15 is 0 Å². The van der Waals surface area contributed by atoms with Crippen LogP contribution in [0.5, 0.6) is 0 Å². The van der Waals surface area contributed by atoms with Crippen LogP contribution in [0, 0.1) is 0 Å². The normalized spacial score (nSPS) is 12.9. The highest BCUT2D eigenvalue weighted by Gasteiger charge is 2.19. The molecule has 0 radical (unpaired) electrons. The smallest absolute Gasteiger partial charge is 0.306 e. The van der Waals surface area contributed by atoms with Crippen LogP contribution in [0.15, 0.2) is 109 Å². The molecule has 0 aromatic rings. The lowest BCUT2D eigenvalue weighted by Crippen LogP contribution is -2.30. The standard InChI is InChI=1S/C64H106O6/c1-4-7-10-13-16-19-22-25-28-31-34-36-39-42-45-48-51-54-57-63(66)69-60-61(70-64(67)58-55-52-49-46-43-40-37-33-30-27-24-21-18-15-12-9-6-3)59-68-62(65)56-53-50-47-44-41-38-35-32-29-26-23-20-17-14-11-8-5-2/h9,12,15,18,21-22,24-25,27-28,30-31,33-34,36-37,40,43,61H,4-8,10-11,13-14,16-17,19-20,23,26,29,32,35,38-39,41-42,44-60H2,1-3H3/b12-9-,18-15-,24-21-,25-22-,30-27-,31-28-,36-34-,37-33+,43-40-. The SMILES string of the molecule is CC\C=C/C=C\C=C/C=C\C=C\C=C/CCCCCC(=O)OC(COC(=O)CCCCCCC\C=C/C=C\C=C/CCCCCCC)COC(=O)CCCCCCCCCCCCCCCCCCC. The molecule has 0 saturated heterocycles. The van der Waals surface area contributed by atoms with Crippen LogP contribution >= 0.6 is 0 Å². The van der Waals surface area contributed by atoms with Gasteiger partial charge in [-0.1, -0.05) is 284 Å². The van der Waals surface area contributed by atoms with Crippen LogP contribution in [0.25, 0.3) is 0 Å². The van der Waals surface area contributed by atoms with E-state index in [-0.39, 0.29) is 37.5 Å². The van der Waals surface area contributed by atoms with Crippen molar-refractivity contribution in [2.75, 3.05) is 13.2 Å². The van der Waals surface area contributed by atoms with Gasteiger partial charge in [0.15, 0.2) is 6.10 Å². The van der Waals surface area contributed by atoms with Gasteiger partial charge in [0.2, 0.25) is 0 Å². The molecule has 1 unspecified atom stereocenters. The van der Waals surface area contributed by atoms with Gasteiger partial charge < -0.3 is 14.2 Å². The first kappa shape index (κ1) is 66.1. The number of esters is 3. The second-order valence-electron chi connectivity index (χ2n) is 19.0. The lowest BCUT2D eigenvalue weighted by atomic mass is 10.0. The van der Waals surface area contributed by atoms with E-state index in [1.54, 1.807) is 0 Å². The van der Waals surface area contributed by atoms with Crippen LogP contribution < -0.4 is 0 Å². The molecule has 0 aliphatic carbocycles. The molecule has 398 valence electrons. The Kier molecular flexibility index (Phi) is 54.4. The quantitative estimate of drug-likeness (QED) is 0.0262. The highest BCUT2D eigenvalue weighted by molar-refractivity contribution is 5.71. The highest BCUT2D eigenvalue weighted by Crippen LogP contribution is 2.16. The van der Waals surface area contributed by atoms with E-state index in [4.69, 9.17) is 14.2 Å². The number of unbranched alkanes of at least 4 members (excludes halogenated alkanes) is 29. The molecule has 0 aromatic heterocycles. The fourth-order valence-electron chi connectivity index (χ4n) is 7.89. The van der Waals surface area contributed by atoms with Gasteiger partial charge in [0.25, 0.3) is 0 Å². The van der Waals surface area contributed by atoms with E-state index in [9.17, 15) is 14.4 Å². The molecule has 6 nitrogen and oxygen atoms in total. The van der Waals surface area contributed by atoms with Crippen LogP contribution in [0.2, 0.25) is 0 Å². The Balaban J connectivity index is 4.51. The predicted octanol–water partition coefficient (Wildman–Crippen LogP) is 19.5. The average molecular weight is 972 g/mol. The summed E-state index contributed by atoms with van der Waals surface area (Å²) in [7, 11) is 0. The number of ether oxygens (including phenoxy) is 3. The van der Waals surface area contributed by atoms with Crippen molar-refractivity contribution in [2.45, 2.75) is 264 Å². The Morgan fingerprint density at radius 3 is 0.886 bits per heavy atom. The molecule has 0 aliphatic rings. The lowest BCUT2D eigenvalue weighted by Gasteiger charge is -2.18. The fraction of sp³-hybridized carbons (Fsp3) is 0.672. The van der Waals surface area contributed by atoms with Crippen molar-refractivity contribution in [3.05, 3.63) is 109 Å². The maximum atomic E-state index is 12.8. The second-order valence-corrected chi connectivity index (χ2v) is 19.0. The van der Waals surface area contributed by atoms with E-state index in [2.05, 4.69) is 69.4 Å². The summed E-state index contributed by atoms with van der Waals surface area (Å²) in [5, 5.41) is 0. The van der Waals surface area contributed by atoms with Gasteiger partial charge in [-0.05, 0) is 64.2 Å². The lowest BCUT2D eigenvalue weighted by molar-refractivity contribution is -0.167. The molecule has 0 rings (SSSR count). The van der Waals surface area contributed by atoms with Crippen molar-refractivity contribution < 1.29 is 28.6 Å². The first-order chi connectivity index (χ1) is 34.5. The second kappa shape index (κ2) is 57.6. The summed E-state index contributed by atoms with van der Waals surface area (Å²) in [4.78, 5) is 38.2. The molecule has 0 amide bonds. The van der Waals surface area contributed by atoms with Gasteiger partial charge in [-0.3, -0.25) is 14.4 Å². The van der Waals surface area contributed by atoms with Crippen molar-refractivity contribution in [1.29, 1.82) is 0 Å². The first-order valence-corrected chi connectivity index (χ1v) is 29.0. The third-order valence-electron chi connectivity index (χ3n) is 12.2. The number of hydrogen-bond donors (Lipinski definition) is 0. The topological polar surface area (TPSA) is 78.9 Å². The Bertz CT molecular complexity index is 1440. The molecule has 0 aliphatic heterocycles. The number of allylic oxidation sites excluding steroid dienone is 18. The van der Waals surface area contributed by atoms with Crippen LogP contribution in [0.3, 0.4) is 0 Å². The Labute approximate surface area is 431 Å². The van der Waals surface area contributed by atoms with Crippen molar-refractivity contribution in [2.24, 2.45) is 0 Å². The molecule has 0 fully saturated rings. The summed E-state index contributed by atoms with van der Waals surface area (Å²) in [5.74, 6) is -0.963. The Morgan fingerprint density at radius 1 is 0.300 bits per heavy atom. The largest absolute Gasteiger partial charge is 0.462 e. The van der Waals surface area contributed by atoms with Gasteiger partial charge in [0.05, 0.1) is 0 Å². The summed E-state index contributed by atoms with van der Waals surface area (Å²) in [6.45, 7) is 6.44. The maximum absolute atomic E-state index is 12.8. The minimum absolute atomic E-state index is 0.103. The van der Waals surface area contributed by atoms with Crippen LogP contribution in [-0.2, 0) is 28.6 Å². The minimum Gasteiger partial charge on any atom is -0.462 e. The van der Waals surface area contributed by atoms with E-state index in [1.165, 1.54) is 122 Å². The van der Waals surface area contributed by atoms with Crippen molar-refractivity contribution in [3.8, 4) is 0 Å². The molecular formula is C64H106O6. The van der Waals surface area contributed by atoms with Gasteiger partial charge in [0.1, 0.15) is 13.2 Å². The summed E-state index contributed by atoms with van der Waals surface area (Å²) < 4.78 is 16.8. The van der Waals surface area contributed by atoms with Crippen molar-refractivity contribution in [1.82, 2.24) is 0 Å². The summed E-state index contributed by atoms with van der Waals surface area (Å²) in [6.07, 6.45) is 77.9. The van der Waals surface area contributed by atoms with Crippen LogP contribution in [0.1, 0.15) is 258 Å². The van der Waals surface area contributed by atoms with E-state index in [0.717, 1.165) is 89.9 Å². The Morgan fingerprint density at radius 2 is 0.557 bits per heavy atom. The summed E-state index contributed by atoms with van der Waals surface area (Å²) in [6, 6.07) is 0. The maximum Gasteiger partial charge on any atom is 0.306 e. The average Bonchev–Trinajstić information content (AvgIpc) is 3.36. The zero-order chi connectivity index (χ0) is 50.7. The summed E-state index contributed by atoms with van der Waals surface area (Å²) in [5.41, 5.74) is 0. The molecule has 6 heteroatoms. The van der Waals surface area contributed by atoms with Gasteiger partial charge in [-0.15, -0.1) is 0 Å². The molecule has 0 saturated carbocycles. The summed E-state index contributed by atoms with van der Waals surface area (Å²) >= 11 is 0. The molecule has 0 spiro atoms. The number of rotatable bonds is 51. The molecule has 0 bridgehead atoms. The van der Waals surface area contributed by atoms with Gasteiger partial charge in [-0.25, -0.2) is 0 Å². The zero-order valence-electron chi connectivity index (χ0n) is 45.5. The monoisotopic (exact) mass is 971 g/mol. The third-order valence-corrected chi connectivity index (χ3v) is 12.2. The first-order valence-electron chi connectivity index (χ1n) is 29.0. The fourth-order valence-corrected chi connectivity index (χ4v) is 7.89. The molecule has 0 aromatic carbocycles. The molecule has 1 atom stereocenters. The third kappa shape index (κ3) is 55.0. The van der Waals surface area contributed by atoms with Crippen LogP contribution in [0.4, 0.5) is 0 Å². The zero-order valence-corrected chi connectivity index (χ0v) is 45.5. The number of carbonyl (C=O) groups excluding carboxylic acids is 3. The molecular weight excluding hydrogens is 865 g/mol. The van der Waals surface area contributed by atoms with Crippen molar-refractivity contribution >= 4 is 17.9 Å². The molecule has 70 heavy (non-hydrogen) atoms. The number of hydrogen-bond acceptors (Lipinski definition) is 6. The van der Waals surface area contributed by atoms with E-state index in [1.807, 2.05) is 60.8 Å². The molecule has 0 heterocycles. The van der Waals surface area contributed by atoms with Gasteiger partial charge in [-0.2, -0.15) is 0 Å². The number of carbonyl (C=O) groups is 3. The van der Waals surface area contributed by atoms with Crippen LogP contribution in [-0.4, -0.2) is 37.2 Å². The van der Waals surface area contributed by atoms with Gasteiger partial charge in [0, 0.05) is 19.3 Å². The highest BCUT2D eigenvalue weighted by atomic mass is 16.6. The van der Waals surface area contributed by atoms with E-state index < -0.39 is 6.10 Å². The predicted molar refractivity (Wildman–Crippen MR) is 302 cm³/mol. The minimum atomic E-state index is -0.811.